The van der Waals surface area contributed by atoms with Gasteiger partial charge in [-0.25, -0.2) is 4.79 Å². The summed E-state index contributed by atoms with van der Waals surface area (Å²) in [5, 5.41) is 10.2. The number of thioether (sulfide) groups is 1. The van der Waals surface area contributed by atoms with Crippen LogP contribution in [0.25, 0.3) is 0 Å². The number of aliphatic imine (C=N–C) groups is 1. The number of hydrogen-bond donors (Lipinski definition) is 1. The fraction of sp³-hybridized carbons (Fsp3) is 0.560. The third kappa shape index (κ3) is 5.20. The number of fused-ring (bicyclic) bond motifs is 1. The predicted octanol–water partition coefficient (Wildman–Crippen LogP) is 4.90. The van der Waals surface area contributed by atoms with E-state index in [1.54, 1.807) is 30.0 Å². The van der Waals surface area contributed by atoms with Gasteiger partial charge >= 0.3 is 5.97 Å². The molecule has 0 amide bonds. The highest BCUT2D eigenvalue weighted by Crippen LogP contribution is 2.48. The van der Waals surface area contributed by atoms with Crippen molar-refractivity contribution in [2.24, 2.45) is 16.3 Å². The van der Waals surface area contributed by atoms with E-state index in [4.69, 9.17) is 14.5 Å². The van der Waals surface area contributed by atoms with E-state index in [0.29, 0.717) is 43.1 Å². The van der Waals surface area contributed by atoms with Gasteiger partial charge in [0.25, 0.3) is 0 Å². The van der Waals surface area contributed by atoms with E-state index in [2.05, 4.69) is 20.8 Å². The lowest BCUT2D eigenvalue weighted by Crippen LogP contribution is -2.44. The number of benzene rings is 1. The molecule has 1 aromatic carbocycles. The molecule has 1 N–H and O–H groups in total. The quantitative estimate of drug-likeness (QED) is 0.439. The lowest BCUT2D eigenvalue weighted by atomic mass is 9.63. The van der Waals surface area contributed by atoms with Crippen molar-refractivity contribution in [3.05, 3.63) is 35.0 Å². The maximum atomic E-state index is 13.3. The number of esters is 1. The maximum Gasteiger partial charge on any atom is 0.336 e. The van der Waals surface area contributed by atoms with E-state index in [-0.39, 0.29) is 16.9 Å². The minimum absolute atomic E-state index is 0.0258. The van der Waals surface area contributed by atoms with E-state index in [9.17, 15) is 14.7 Å². The highest BCUT2D eigenvalue weighted by molar-refractivity contribution is 7.99. The normalized spacial score (nSPS) is 22.3. The van der Waals surface area contributed by atoms with Crippen LogP contribution in [0.4, 0.5) is 0 Å². The number of allylic oxidation sites excluding steroid dienone is 1. The monoisotopic (exact) mass is 459 g/mol. The summed E-state index contributed by atoms with van der Waals surface area (Å²) in [6.45, 7) is 10.5. The second-order valence-electron chi connectivity index (χ2n) is 9.03. The molecule has 1 heterocycles. The minimum Gasteiger partial charge on any atom is -0.504 e. The summed E-state index contributed by atoms with van der Waals surface area (Å²) >= 11 is 1.70. The van der Waals surface area contributed by atoms with Crippen LogP contribution in [-0.4, -0.2) is 47.3 Å². The SMILES string of the molecule is CCOc1cc([C@@H]2C(C(=O)OCCSCC)=C(C)N=C3CC(C)(C)CC(=O)C32)ccc1O. The zero-order valence-corrected chi connectivity index (χ0v) is 20.4. The van der Waals surface area contributed by atoms with Gasteiger partial charge in [-0.05, 0) is 49.1 Å². The molecule has 1 unspecified atom stereocenters. The number of hydrogen-bond acceptors (Lipinski definition) is 7. The van der Waals surface area contributed by atoms with E-state index < -0.39 is 17.8 Å². The summed E-state index contributed by atoms with van der Waals surface area (Å²) in [7, 11) is 0. The molecule has 1 saturated carbocycles. The molecule has 1 aliphatic heterocycles. The fourth-order valence-corrected chi connectivity index (χ4v) is 5.12. The summed E-state index contributed by atoms with van der Waals surface area (Å²) in [4.78, 5) is 31.3. The van der Waals surface area contributed by atoms with Crippen molar-refractivity contribution < 1.29 is 24.2 Å². The molecule has 1 aliphatic carbocycles. The Balaban J connectivity index is 2.07. The Morgan fingerprint density at radius 1 is 1.25 bits per heavy atom. The van der Waals surface area contributed by atoms with Crippen molar-refractivity contribution in [3.63, 3.8) is 0 Å². The average molecular weight is 460 g/mol. The highest BCUT2D eigenvalue weighted by Gasteiger charge is 2.47. The molecule has 0 radical (unpaired) electrons. The summed E-state index contributed by atoms with van der Waals surface area (Å²) < 4.78 is 11.2. The highest BCUT2D eigenvalue weighted by atomic mass is 32.2. The van der Waals surface area contributed by atoms with E-state index in [0.717, 1.165) is 22.8 Å². The molecular formula is C25H33NO5S. The summed E-state index contributed by atoms with van der Waals surface area (Å²) in [6, 6.07) is 5.04. The number of Topliss-reactive ketones (excluding diaryl/α,β-unsaturated/α-hetero) is 1. The Bertz CT molecular complexity index is 950. The van der Waals surface area contributed by atoms with Crippen LogP contribution in [0.2, 0.25) is 0 Å². The third-order valence-corrected chi connectivity index (χ3v) is 6.76. The van der Waals surface area contributed by atoms with Gasteiger partial charge in [0.15, 0.2) is 11.5 Å². The topological polar surface area (TPSA) is 85.2 Å². The lowest BCUT2D eigenvalue weighted by molar-refractivity contribution is -0.139. The third-order valence-electron chi connectivity index (χ3n) is 5.89. The number of phenols is 1. The Morgan fingerprint density at radius 2 is 2.00 bits per heavy atom. The van der Waals surface area contributed by atoms with Crippen LogP contribution in [0.5, 0.6) is 11.5 Å². The first-order valence-electron chi connectivity index (χ1n) is 11.2. The summed E-state index contributed by atoms with van der Waals surface area (Å²) in [6.07, 6.45) is 1.13. The minimum atomic E-state index is -0.516. The molecule has 0 spiro atoms. The van der Waals surface area contributed by atoms with Gasteiger partial charge in [0.2, 0.25) is 0 Å². The number of carbonyl (C=O) groups excluding carboxylic acids is 2. The van der Waals surface area contributed by atoms with Crippen molar-refractivity contribution >= 4 is 29.2 Å². The van der Waals surface area contributed by atoms with Gasteiger partial charge in [-0.15, -0.1) is 0 Å². The molecule has 0 saturated heterocycles. The van der Waals surface area contributed by atoms with Crippen LogP contribution in [0.1, 0.15) is 58.9 Å². The first-order chi connectivity index (χ1) is 15.2. The molecule has 2 aliphatic rings. The van der Waals surface area contributed by atoms with Gasteiger partial charge in [0, 0.05) is 29.5 Å². The largest absolute Gasteiger partial charge is 0.504 e. The van der Waals surface area contributed by atoms with Gasteiger partial charge in [0.1, 0.15) is 12.4 Å². The maximum absolute atomic E-state index is 13.3. The van der Waals surface area contributed by atoms with Gasteiger partial charge in [-0.3, -0.25) is 9.79 Å². The van der Waals surface area contributed by atoms with Crippen molar-refractivity contribution in [2.45, 2.75) is 53.4 Å². The van der Waals surface area contributed by atoms with Gasteiger partial charge < -0.3 is 14.6 Å². The molecule has 0 aromatic heterocycles. The van der Waals surface area contributed by atoms with Gasteiger partial charge in [-0.1, -0.05) is 26.8 Å². The van der Waals surface area contributed by atoms with Gasteiger partial charge in [-0.2, -0.15) is 11.8 Å². The smallest absolute Gasteiger partial charge is 0.336 e. The molecular weight excluding hydrogens is 426 g/mol. The number of nitrogens with zero attached hydrogens (tertiary/aromatic N) is 1. The zero-order valence-electron chi connectivity index (χ0n) is 19.6. The van der Waals surface area contributed by atoms with E-state index in [1.165, 1.54) is 0 Å². The van der Waals surface area contributed by atoms with Crippen molar-refractivity contribution in [2.75, 3.05) is 24.7 Å². The number of rotatable bonds is 8. The Hall–Kier alpha value is -2.28. The number of phenolic OH excluding ortho intramolecular Hbond substituents is 1. The second-order valence-corrected chi connectivity index (χ2v) is 10.4. The Kier molecular flexibility index (Phi) is 7.70. The molecule has 0 bridgehead atoms. The van der Waals surface area contributed by atoms with Crippen LogP contribution >= 0.6 is 11.8 Å². The molecule has 2 atom stereocenters. The molecule has 32 heavy (non-hydrogen) atoms. The first kappa shape index (κ1) is 24.4. The molecule has 6 nitrogen and oxygen atoms in total. The predicted molar refractivity (Wildman–Crippen MR) is 128 cm³/mol. The van der Waals surface area contributed by atoms with Crippen molar-refractivity contribution in [1.82, 2.24) is 0 Å². The molecule has 1 fully saturated rings. The van der Waals surface area contributed by atoms with Crippen LogP contribution in [0, 0.1) is 11.3 Å². The Labute approximate surface area is 194 Å². The Morgan fingerprint density at radius 3 is 2.69 bits per heavy atom. The number of carbonyl (C=O) groups is 2. The van der Waals surface area contributed by atoms with E-state index >= 15 is 0 Å². The number of aromatic hydroxyl groups is 1. The summed E-state index contributed by atoms with van der Waals surface area (Å²) in [5.41, 5.74) is 2.40. The second kappa shape index (κ2) is 10.1. The van der Waals surface area contributed by atoms with Crippen LogP contribution in [0.3, 0.4) is 0 Å². The first-order valence-corrected chi connectivity index (χ1v) is 12.4. The number of ether oxygens (including phenoxy) is 2. The van der Waals surface area contributed by atoms with Crippen molar-refractivity contribution in [1.29, 1.82) is 0 Å². The zero-order chi connectivity index (χ0) is 23.5. The van der Waals surface area contributed by atoms with Crippen molar-refractivity contribution in [3.8, 4) is 11.5 Å². The van der Waals surface area contributed by atoms with E-state index in [1.807, 2.05) is 13.8 Å². The van der Waals surface area contributed by atoms with Crippen LogP contribution < -0.4 is 4.74 Å². The molecule has 3 rings (SSSR count). The van der Waals surface area contributed by atoms with Crippen LogP contribution in [0.15, 0.2) is 34.5 Å². The molecule has 1 aromatic rings. The van der Waals surface area contributed by atoms with Gasteiger partial charge in [0.05, 0.1) is 18.1 Å². The molecule has 7 heteroatoms. The lowest BCUT2D eigenvalue weighted by Gasteiger charge is -2.41. The number of ketones is 1. The molecule has 174 valence electrons. The average Bonchev–Trinajstić information content (AvgIpc) is 2.71. The van der Waals surface area contributed by atoms with Crippen LogP contribution in [-0.2, 0) is 14.3 Å². The summed E-state index contributed by atoms with van der Waals surface area (Å²) in [5.74, 6) is 0.648. The standard InChI is InChI=1S/C25H33NO5S/c1-6-30-20-12-16(8-9-18(20)27)22-21(24(29)31-10-11-32-7-2)15(3)26-17-13-25(4,5)14-19(28)23(17)22/h8-9,12,22-23,27H,6-7,10-11,13-14H2,1-5H3/t22-,23?/m1/s1. The fourth-order valence-electron chi connectivity index (χ4n) is 4.63.